The van der Waals surface area contributed by atoms with Crippen LogP contribution in [0.15, 0.2) is 30.5 Å². The maximum Gasteiger partial charge on any atom is 0.248 e. The van der Waals surface area contributed by atoms with E-state index in [-0.39, 0.29) is 0 Å². The molecule has 2 N–H and O–H groups in total. The van der Waals surface area contributed by atoms with Gasteiger partial charge in [-0.2, -0.15) is 5.10 Å². The van der Waals surface area contributed by atoms with Crippen molar-refractivity contribution < 1.29 is 4.79 Å². The van der Waals surface area contributed by atoms with Crippen LogP contribution in [-0.2, 0) is 7.05 Å². The van der Waals surface area contributed by atoms with E-state index in [4.69, 9.17) is 10.7 Å². The van der Waals surface area contributed by atoms with Crippen LogP contribution < -0.4 is 10.6 Å². The maximum atomic E-state index is 11.5. The fourth-order valence-electron chi connectivity index (χ4n) is 3.03. The normalized spacial score (nSPS) is 17.1. The monoisotopic (exact) mass is 322 g/mol. The SMILES string of the molecule is C[C@H]1CCN1c1nc(-c2cccc(C(N)=O)c2)c2c(cnn2C)n1. The molecule has 3 aromatic rings. The number of benzene rings is 1. The lowest BCUT2D eigenvalue weighted by Crippen LogP contribution is -2.46. The van der Waals surface area contributed by atoms with Crippen LogP contribution in [0.5, 0.6) is 0 Å². The fourth-order valence-corrected chi connectivity index (χ4v) is 3.03. The smallest absolute Gasteiger partial charge is 0.248 e. The molecule has 1 fully saturated rings. The second-order valence-corrected chi connectivity index (χ2v) is 6.15. The van der Waals surface area contributed by atoms with Crippen LogP contribution in [-0.4, -0.2) is 38.2 Å². The van der Waals surface area contributed by atoms with Crippen LogP contribution in [0.25, 0.3) is 22.3 Å². The topological polar surface area (TPSA) is 89.9 Å². The lowest BCUT2D eigenvalue weighted by molar-refractivity contribution is 0.100. The highest BCUT2D eigenvalue weighted by Crippen LogP contribution is 2.31. The summed E-state index contributed by atoms with van der Waals surface area (Å²) in [6, 6.07) is 7.63. The molecule has 1 aliphatic heterocycles. The van der Waals surface area contributed by atoms with Crippen LogP contribution >= 0.6 is 0 Å². The number of aromatic nitrogens is 4. The number of hydrogen-bond acceptors (Lipinski definition) is 5. The van der Waals surface area contributed by atoms with Gasteiger partial charge in [-0.05, 0) is 25.5 Å². The molecule has 0 aliphatic carbocycles. The fraction of sp³-hybridized carbons (Fsp3) is 0.294. The van der Waals surface area contributed by atoms with Gasteiger partial charge in [0.15, 0.2) is 0 Å². The van der Waals surface area contributed by atoms with E-state index in [1.807, 2.05) is 19.2 Å². The molecule has 7 nitrogen and oxygen atoms in total. The van der Waals surface area contributed by atoms with Crippen LogP contribution in [0.1, 0.15) is 23.7 Å². The van der Waals surface area contributed by atoms with E-state index in [2.05, 4.69) is 21.9 Å². The summed E-state index contributed by atoms with van der Waals surface area (Å²) in [5, 5.41) is 4.31. The Balaban J connectivity index is 1.94. The Kier molecular flexibility index (Phi) is 3.23. The quantitative estimate of drug-likeness (QED) is 0.793. The lowest BCUT2D eigenvalue weighted by Gasteiger charge is -2.38. The summed E-state index contributed by atoms with van der Waals surface area (Å²) in [5.74, 6) is 0.248. The number of hydrogen-bond donors (Lipinski definition) is 1. The molecule has 1 saturated heterocycles. The number of aryl methyl sites for hydroxylation is 1. The average Bonchev–Trinajstić information content (AvgIpc) is 2.94. The first-order valence-electron chi connectivity index (χ1n) is 7.91. The summed E-state index contributed by atoms with van der Waals surface area (Å²) in [6.45, 7) is 3.11. The third kappa shape index (κ3) is 2.20. The molecule has 0 bridgehead atoms. The minimum absolute atomic E-state index is 0.434. The predicted molar refractivity (Wildman–Crippen MR) is 91.7 cm³/mol. The van der Waals surface area contributed by atoms with Crippen LogP contribution in [0.3, 0.4) is 0 Å². The van der Waals surface area contributed by atoms with E-state index in [0.29, 0.717) is 17.6 Å². The predicted octanol–water partition coefficient (Wildman–Crippen LogP) is 1.73. The number of carbonyl (C=O) groups excluding carboxylic acids is 1. The van der Waals surface area contributed by atoms with Gasteiger partial charge in [-0.25, -0.2) is 9.97 Å². The Morgan fingerprint density at radius 1 is 1.33 bits per heavy atom. The summed E-state index contributed by atoms with van der Waals surface area (Å²) in [4.78, 5) is 23.1. The molecular weight excluding hydrogens is 304 g/mol. The van der Waals surface area contributed by atoms with Crippen molar-refractivity contribution in [2.75, 3.05) is 11.4 Å². The number of carbonyl (C=O) groups is 1. The number of rotatable bonds is 3. The summed E-state index contributed by atoms with van der Waals surface area (Å²) in [7, 11) is 1.86. The number of anilines is 1. The Hall–Kier alpha value is -2.96. The van der Waals surface area contributed by atoms with E-state index in [1.54, 1.807) is 23.0 Å². The average molecular weight is 322 g/mol. The Labute approximate surface area is 139 Å². The van der Waals surface area contributed by atoms with Gasteiger partial charge in [0.25, 0.3) is 0 Å². The summed E-state index contributed by atoms with van der Waals surface area (Å²) in [6.07, 6.45) is 2.88. The number of fused-ring (bicyclic) bond motifs is 1. The highest BCUT2D eigenvalue weighted by atomic mass is 16.1. The van der Waals surface area contributed by atoms with Crippen LogP contribution in [0.2, 0.25) is 0 Å². The summed E-state index contributed by atoms with van der Waals surface area (Å²) < 4.78 is 1.75. The highest BCUT2D eigenvalue weighted by molar-refractivity contribution is 5.96. The molecule has 2 aromatic heterocycles. The van der Waals surface area contributed by atoms with Gasteiger partial charge < -0.3 is 10.6 Å². The van der Waals surface area contributed by atoms with Crippen molar-refractivity contribution in [1.82, 2.24) is 19.7 Å². The number of primary amides is 1. The third-order valence-electron chi connectivity index (χ3n) is 4.57. The van der Waals surface area contributed by atoms with Crippen LogP contribution in [0, 0.1) is 0 Å². The van der Waals surface area contributed by atoms with Gasteiger partial charge in [-0.3, -0.25) is 9.48 Å². The first-order valence-corrected chi connectivity index (χ1v) is 7.91. The summed E-state index contributed by atoms with van der Waals surface area (Å²) >= 11 is 0. The standard InChI is InChI=1S/C17H18N6O/c1-10-6-7-23(10)17-20-13-9-19-22(2)15(13)14(21-17)11-4-3-5-12(8-11)16(18)24/h3-5,8-10H,6-7H2,1-2H3,(H2,18,24)/t10-/m0/s1. The molecule has 0 saturated carbocycles. The first kappa shape index (κ1) is 14.6. The van der Waals surface area contributed by atoms with Gasteiger partial charge in [0, 0.05) is 30.8 Å². The molecule has 24 heavy (non-hydrogen) atoms. The zero-order valence-corrected chi connectivity index (χ0v) is 13.6. The third-order valence-corrected chi connectivity index (χ3v) is 4.57. The minimum atomic E-state index is -0.455. The largest absolute Gasteiger partial charge is 0.366 e. The summed E-state index contributed by atoms with van der Waals surface area (Å²) in [5.41, 5.74) is 9.10. The van der Waals surface area contributed by atoms with E-state index in [9.17, 15) is 4.79 Å². The van der Waals surface area contributed by atoms with Crippen molar-refractivity contribution in [3.63, 3.8) is 0 Å². The van der Waals surface area contributed by atoms with Crippen molar-refractivity contribution in [3.05, 3.63) is 36.0 Å². The number of nitrogens with zero attached hydrogens (tertiary/aromatic N) is 5. The van der Waals surface area contributed by atoms with Crippen molar-refractivity contribution in [2.45, 2.75) is 19.4 Å². The number of nitrogens with two attached hydrogens (primary N) is 1. The van der Waals surface area contributed by atoms with E-state index < -0.39 is 5.91 Å². The Morgan fingerprint density at radius 2 is 2.17 bits per heavy atom. The first-order chi connectivity index (χ1) is 11.5. The zero-order chi connectivity index (χ0) is 16.8. The second-order valence-electron chi connectivity index (χ2n) is 6.15. The molecule has 4 rings (SSSR count). The molecule has 0 unspecified atom stereocenters. The minimum Gasteiger partial charge on any atom is -0.366 e. The van der Waals surface area contributed by atoms with E-state index >= 15 is 0 Å². The van der Waals surface area contributed by atoms with Crippen molar-refractivity contribution >= 4 is 22.9 Å². The van der Waals surface area contributed by atoms with Crippen molar-refractivity contribution in [2.24, 2.45) is 12.8 Å². The molecule has 1 amide bonds. The molecule has 7 heteroatoms. The zero-order valence-electron chi connectivity index (χ0n) is 13.6. The van der Waals surface area contributed by atoms with Gasteiger partial charge in [-0.15, -0.1) is 0 Å². The molecule has 0 radical (unpaired) electrons. The van der Waals surface area contributed by atoms with Gasteiger partial charge in [0.1, 0.15) is 16.7 Å². The molecule has 1 atom stereocenters. The number of amides is 1. The van der Waals surface area contributed by atoms with E-state index in [1.165, 1.54) is 0 Å². The van der Waals surface area contributed by atoms with Crippen molar-refractivity contribution in [3.8, 4) is 11.3 Å². The molecule has 122 valence electrons. The maximum absolute atomic E-state index is 11.5. The van der Waals surface area contributed by atoms with E-state index in [0.717, 1.165) is 35.3 Å². The van der Waals surface area contributed by atoms with Gasteiger partial charge in [0.2, 0.25) is 11.9 Å². The van der Waals surface area contributed by atoms with Crippen molar-refractivity contribution in [1.29, 1.82) is 0 Å². The Bertz CT molecular complexity index is 947. The van der Waals surface area contributed by atoms with Gasteiger partial charge >= 0.3 is 0 Å². The van der Waals surface area contributed by atoms with Crippen LogP contribution in [0.4, 0.5) is 5.95 Å². The van der Waals surface area contributed by atoms with Gasteiger partial charge in [0.05, 0.1) is 6.20 Å². The lowest BCUT2D eigenvalue weighted by atomic mass is 10.1. The molecule has 1 aromatic carbocycles. The molecule has 1 aliphatic rings. The molecular formula is C17H18N6O. The molecule has 3 heterocycles. The molecule has 0 spiro atoms. The van der Waals surface area contributed by atoms with Gasteiger partial charge in [-0.1, -0.05) is 12.1 Å². The highest BCUT2D eigenvalue weighted by Gasteiger charge is 2.27. The second kappa shape index (κ2) is 5.30. The Morgan fingerprint density at radius 3 is 2.83 bits per heavy atom.